The van der Waals surface area contributed by atoms with Crippen LogP contribution in [0.5, 0.6) is 5.75 Å². The molecule has 180 valence electrons. The number of aromatic nitrogens is 2. The smallest absolute Gasteiger partial charge is 0.243 e. The number of carbonyl (C=O) groups excluding carboxylic acids is 1. The van der Waals surface area contributed by atoms with E-state index >= 15 is 0 Å². The van der Waals surface area contributed by atoms with Crippen LogP contribution in [-0.4, -0.2) is 58.1 Å². The molecule has 0 N–H and O–H groups in total. The number of hydrogen-bond donors (Lipinski definition) is 0. The van der Waals surface area contributed by atoms with E-state index in [-0.39, 0.29) is 11.7 Å². The number of methoxy groups -OCH3 is 1. The van der Waals surface area contributed by atoms with Crippen molar-refractivity contribution in [1.82, 2.24) is 19.6 Å². The lowest BCUT2D eigenvalue weighted by Crippen LogP contribution is -2.52. The number of halogens is 1. The predicted molar refractivity (Wildman–Crippen MR) is 129 cm³/mol. The summed E-state index contributed by atoms with van der Waals surface area (Å²) in [5, 5.41) is 3.55. The van der Waals surface area contributed by atoms with E-state index < -0.39 is 0 Å². The summed E-state index contributed by atoms with van der Waals surface area (Å²) in [4.78, 5) is 21.9. The van der Waals surface area contributed by atoms with Crippen LogP contribution in [0.2, 0.25) is 0 Å². The van der Waals surface area contributed by atoms with Gasteiger partial charge >= 0.3 is 0 Å². The number of hydrazine groups is 1. The maximum Gasteiger partial charge on any atom is 0.243 e. The molecule has 0 bridgehead atoms. The molecule has 0 radical (unpaired) electrons. The average molecular weight is 476 g/mol. The fourth-order valence-electron chi connectivity index (χ4n) is 4.20. The molecular formula is C26H26FN5O3. The number of imidazole rings is 1. The number of amides is 1. The number of amidine groups is 1. The number of aryl methyl sites for hydroxylation is 1. The second kappa shape index (κ2) is 9.61. The lowest BCUT2D eigenvalue weighted by Gasteiger charge is -2.39. The summed E-state index contributed by atoms with van der Waals surface area (Å²) in [6, 6.07) is 12.1. The van der Waals surface area contributed by atoms with Crippen LogP contribution < -0.4 is 4.74 Å². The van der Waals surface area contributed by atoms with Crippen molar-refractivity contribution in [3.8, 4) is 11.4 Å². The number of hydrogen-bond acceptors (Lipinski definition) is 6. The predicted octanol–water partition coefficient (Wildman–Crippen LogP) is 3.75. The molecule has 9 heteroatoms. The van der Waals surface area contributed by atoms with Crippen LogP contribution in [-0.2, 0) is 16.1 Å². The van der Waals surface area contributed by atoms with E-state index in [1.165, 1.54) is 12.1 Å². The molecule has 35 heavy (non-hydrogen) atoms. The number of nitrogens with zero attached hydrogens (tertiary/aromatic N) is 5. The van der Waals surface area contributed by atoms with E-state index in [0.29, 0.717) is 50.0 Å². The Morgan fingerprint density at radius 2 is 2.03 bits per heavy atom. The van der Waals surface area contributed by atoms with Crippen molar-refractivity contribution in [1.29, 1.82) is 0 Å². The Labute approximate surface area is 202 Å². The number of benzene rings is 2. The van der Waals surface area contributed by atoms with Gasteiger partial charge in [-0.25, -0.2) is 14.4 Å². The molecule has 2 aliphatic rings. The third-order valence-electron chi connectivity index (χ3n) is 5.93. The van der Waals surface area contributed by atoms with E-state index in [0.717, 1.165) is 22.5 Å². The van der Waals surface area contributed by atoms with Crippen molar-refractivity contribution in [2.75, 3.05) is 26.8 Å². The first-order valence-electron chi connectivity index (χ1n) is 11.4. The van der Waals surface area contributed by atoms with Gasteiger partial charge in [0, 0.05) is 12.6 Å². The van der Waals surface area contributed by atoms with Gasteiger partial charge in [-0.1, -0.05) is 18.2 Å². The molecule has 3 aromatic rings. The van der Waals surface area contributed by atoms with E-state index in [9.17, 15) is 9.18 Å². The minimum Gasteiger partial charge on any atom is -0.495 e. The van der Waals surface area contributed by atoms with Gasteiger partial charge in [0.25, 0.3) is 0 Å². The topological polar surface area (TPSA) is 72.2 Å². The molecule has 3 heterocycles. The maximum atomic E-state index is 13.4. The Morgan fingerprint density at radius 1 is 1.20 bits per heavy atom. The number of morpholine rings is 1. The first kappa shape index (κ1) is 22.6. The Balaban J connectivity index is 1.44. The Bertz CT molecular complexity index is 1300. The second-order valence-corrected chi connectivity index (χ2v) is 8.37. The Kier molecular flexibility index (Phi) is 6.22. The van der Waals surface area contributed by atoms with Gasteiger partial charge in [0.2, 0.25) is 5.91 Å². The quantitative estimate of drug-likeness (QED) is 0.562. The van der Waals surface area contributed by atoms with Crippen LogP contribution >= 0.6 is 0 Å². The fourth-order valence-corrected chi connectivity index (χ4v) is 4.20. The van der Waals surface area contributed by atoms with Gasteiger partial charge < -0.3 is 14.0 Å². The van der Waals surface area contributed by atoms with Gasteiger partial charge in [0.1, 0.15) is 18.2 Å². The zero-order valence-corrected chi connectivity index (χ0v) is 19.6. The summed E-state index contributed by atoms with van der Waals surface area (Å²) in [6.45, 7) is 3.53. The summed E-state index contributed by atoms with van der Waals surface area (Å²) in [7, 11) is 1.63. The van der Waals surface area contributed by atoms with Crippen LogP contribution in [0.25, 0.3) is 11.8 Å². The van der Waals surface area contributed by atoms with Gasteiger partial charge in [0.15, 0.2) is 11.6 Å². The monoisotopic (exact) mass is 475 g/mol. The molecule has 1 aromatic heterocycles. The van der Waals surface area contributed by atoms with Gasteiger partial charge in [-0.2, -0.15) is 0 Å². The molecule has 2 aromatic carbocycles. The summed E-state index contributed by atoms with van der Waals surface area (Å²) < 4.78 is 26.9. The SMILES string of the molecule is COc1cc(/C=C2\OCCN3C2=NCCC(=O)N3Cc2ccc(F)cc2)ccc1-n1cnc(C)c1. The largest absolute Gasteiger partial charge is 0.495 e. The standard InChI is InChI=1S/C26H26FN5O3/c1-18-15-30(17-29-18)22-8-5-20(13-23(22)34-2)14-24-26-28-10-9-25(33)32(31(26)11-12-35-24)16-19-3-6-21(27)7-4-19/h3-8,13-15,17H,9-12,16H2,1-2H3/b24-14-. The lowest BCUT2D eigenvalue weighted by molar-refractivity contribution is -0.144. The van der Waals surface area contributed by atoms with Crippen molar-refractivity contribution in [2.45, 2.75) is 19.9 Å². The molecule has 1 amide bonds. The highest BCUT2D eigenvalue weighted by Gasteiger charge is 2.32. The van der Waals surface area contributed by atoms with Crippen molar-refractivity contribution >= 4 is 17.8 Å². The Morgan fingerprint density at radius 3 is 2.77 bits per heavy atom. The summed E-state index contributed by atoms with van der Waals surface area (Å²) >= 11 is 0. The van der Waals surface area contributed by atoms with Crippen molar-refractivity contribution in [2.24, 2.45) is 4.99 Å². The number of ether oxygens (including phenoxy) is 2. The van der Waals surface area contributed by atoms with E-state index in [1.54, 1.807) is 30.6 Å². The van der Waals surface area contributed by atoms with Crippen LogP contribution in [0.15, 0.2) is 65.7 Å². The molecule has 0 aliphatic carbocycles. The minimum atomic E-state index is -0.306. The molecule has 0 saturated carbocycles. The normalized spacial score (nSPS) is 17.1. The Hall–Kier alpha value is -4.14. The molecule has 1 fully saturated rings. The first-order chi connectivity index (χ1) is 17.0. The van der Waals surface area contributed by atoms with Crippen molar-refractivity contribution in [3.63, 3.8) is 0 Å². The zero-order chi connectivity index (χ0) is 24.4. The summed E-state index contributed by atoms with van der Waals surface area (Å²) in [5.74, 6) is 1.55. The zero-order valence-electron chi connectivity index (χ0n) is 19.6. The number of fused-ring (bicyclic) bond motifs is 1. The third-order valence-corrected chi connectivity index (χ3v) is 5.93. The molecule has 0 spiro atoms. The van der Waals surface area contributed by atoms with E-state index in [4.69, 9.17) is 9.47 Å². The molecule has 0 unspecified atom stereocenters. The molecule has 5 rings (SSSR count). The van der Waals surface area contributed by atoms with Gasteiger partial charge in [-0.05, 0) is 48.4 Å². The van der Waals surface area contributed by atoms with Gasteiger partial charge in [0.05, 0.1) is 44.5 Å². The molecule has 2 aliphatic heterocycles. The number of aliphatic imine (C=N–C) groups is 1. The van der Waals surface area contributed by atoms with Crippen LogP contribution in [0, 0.1) is 12.7 Å². The van der Waals surface area contributed by atoms with Gasteiger partial charge in [-0.3, -0.25) is 14.8 Å². The van der Waals surface area contributed by atoms with Crippen molar-refractivity contribution < 1.29 is 18.7 Å². The maximum absolute atomic E-state index is 13.4. The molecule has 0 atom stereocenters. The van der Waals surface area contributed by atoms with Crippen molar-refractivity contribution in [3.05, 3.63) is 83.4 Å². The third kappa shape index (κ3) is 4.75. The van der Waals surface area contributed by atoms with E-state index in [1.807, 2.05) is 47.0 Å². The van der Waals surface area contributed by atoms with Crippen LogP contribution in [0.1, 0.15) is 23.2 Å². The van der Waals surface area contributed by atoms with E-state index in [2.05, 4.69) is 9.98 Å². The highest BCUT2D eigenvalue weighted by molar-refractivity contribution is 6.02. The highest BCUT2D eigenvalue weighted by Crippen LogP contribution is 2.28. The minimum absolute atomic E-state index is 0.0315. The number of rotatable bonds is 5. The molecular weight excluding hydrogens is 449 g/mol. The van der Waals surface area contributed by atoms with Crippen LogP contribution in [0.3, 0.4) is 0 Å². The first-order valence-corrected chi connectivity index (χ1v) is 11.4. The highest BCUT2D eigenvalue weighted by atomic mass is 19.1. The van der Waals surface area contributed by atoms with Gasteiger partial charge in [-0.15, -0.1) is 0 Å². The number of carbonyl (C=O) groups is 1. The average Bonchev–Trinajstić information content (AvgIpc) is 3.23. The second-order valence-electron chi connectivity index (χ2n) is 8.37. The molecule has 1 saturated heterocycles. The molecule has 8 nitrogen and oxygen atoms in total. The van der Waals surface area contributed by atoms with Crippen LogP contribution in [0.4, 0.5) is 4.39 Å². The fraction of sp³-hybridized carbons (Fsp3) is 0.269. The summed E-state index contributed by atoms with van der Waals surface area (Å²) in [6.07, 6.45) is 5.88. The lowest BCUT2D eigenvalue weighted by atomic mass is 10.1. The summed E-state index contributed by atoms with van der Waals surface area (Å²) in [5.41, 5.74) is 3.51.